The zero-order valence-electron chi connectivity index (χ0n) is 13.6. The Bertz CT molecular complexity index is 673. The first-order chi connectivity index (χ1) is 11.1. The molecule has 1 aliphatic heterocycles. The third-order valence-corrected chi connectivity index (χ3v) is 5.27. The van der Waals surface area contributed by atoms with Gasteiger partial charge >= 0.3 is 0 Å². The normalized spacial score (nSPS) is 15.6. The number of aromatic nitrogens is 1. The van der Waals surface area contributed by atoms with Gasteiger partial charge in [0.2, 0.25) is 5.91 Å². The van der Waals surface area contributed by atoms with E-state index < -0.39 is 0 Å². The van der Waals surface area contributed by atoms with Crippen LogP contribution in [0.15, 0.2) is 24.3 Å². The van der Waals surface area contributed by atoms with E-state index in [0.717, 1.165) is 25.0 Å². The van der Waals surface area contributed by atoms with Gasteiger partial charge in [-0.1, -0.05) is 29.8 Å². The van der Waals surface area contributed by atoms with E-state index in [2.05, 4.69) is 41.5 Å². The first kappa shape index (κ1) is 16.1. The molecule has 23 heavy (non-hydrogen) atoms. The maximum atomic E-state index is 12.3. The summed E-state index contributed by atoms with van der Waals surface area (Å²) in [6.07, 6.45) is 2.45. The third kappa shape index (κ3) is 4.18. The Labute approximate surface area is 140 Å². The number of rotatable bonds is 4. The van der Waals surface area contributed by atoms with Gasteiger partial charge < -0.3 is 10.1 Å². The molecule has 1 aromatic carbocycles. The number of benzene rings is 1. The molecule has 4 nitrogen and oxygen atoms in total. The molecule has 2 aromatic rings. The summed E-state index contributed by atoms with van der Waals surface area (Å²) in [4.78, 5) is 18.0. The molecular weight excluding hydrogens is 308 g/mol. The van der Waals surface area contributed by atoms with Crippen molar-refractivity contribution in [3.05, 3.63) is 46.0 Å². The number of carbonyl (C=O) groups is 1. The summed E-state index contributed by atoms with van der Waals surface area (Å²) >= 11 is 1.58. The van der Waals surface area contributed by atoms with Crippen molar-refractivity contribution in [3.63, 3.8) is 0 Å². The Balaban J connectivity index is 1.65. The van der Waals surface area contributed by atoms with E-state index in [-0.39, 0.29) is 11.8 Å². The quantitative estimate of drug-likeness (QED) is 0.929. The molecule has 1 amide bonds. The molecule has 1 aliphatic rings. The fourth-order valence-corrected chi connectivity index (χ4v) is 3.70. The number of amides is 1. The minimum atomic E-state index is 0.0495. The molecule has 0 saturated carbocycles. The lowest BCUT2D eigenvalue weighted by molar-refractivity contribution is -0.122. The van der Waals surface area contributed by atoms with Crippen LogP contribution in [0.5, 0.6) is 0 Å². The van der Waals surface area contributed by atoms with E-state index in [0.29, 0.717) is 18.3 Å². The van der Waals surface area contributed by atoms with Crippen molar-refractivity contribution in [2.45, 2.75) is 33.1 Å². The average Bonchev–Trinajstić information content (AvgIpc) is 2.90. The monoisotopic (exact) mass is 330 g/mol. The fraction of sp³-hybridized carbons (Fsp3) is 0.444. The smallest absolute Gasteiger partial charge is 0.229 e. The molecule has 0 bridgehead atoms. The van der Waals surface area contributed by atoms with Crippen molar-refractivity contribution in [1.82, 2.24) is 4.98 Å². The summed E-state index contributed by atoms with van der Waals surface area (Å²) in [5, 5.41) is 3.69. The summed E-state index contributed by atoms with van der Waals surface area (Å²) < 4.78 is 5.31. The van der Waals surface area contributed by atoms with Gasteiger partial charge in [0.15, 0.2) is 5.13 Å². The Hall–Kier alpha value is -1.72. The van der Waals surface area contributed by atoms with E-state index >= 15 is 0 Å². The van der Waals surface area contributed by atoms with Crippen LogP contribution in [0.25, 0.3) is 0 Å². The SMILES string of the molecule is Cc1ccc(Cc2sc(NC(=O)C3CCOCC3)nc2C)cc1. The number of nitrogens with zero attached hydrogens (tertiary/aromatic N) is 1. The predicted molar refractivity (Wildman–Crippen MR) is 93.0 cm³/mol. The van der Waals surface area contributed by atoms with Crippen LogP contribution in [-0.4, -0.2) is 24.1 Å². The molecule has 0 aliphatic carbocycles. The molecule has 0 spiro atoms. The van der Waals surface area contributed by atoms with Crippen LogP contribution in [-0.2, 0) is 16.0 Å². The Morgan fingerprint density at radius 3 is 2.65 bits per heavy atom. The zero-order valence-corrected chi connectivity index (χ0v) is 14.4. The Morgan fingerprint density at radius 1 is 1.26 bits per heavy atom. The minimum absolute atomic E-state index is 0.0495. The molecule has 1 saturated heterocycles. The summed E-state index contributed by atoms with van der Waals surface area (Å²) in [6.45, 7) is 5.44. The number of hydrogen-bond acceptors (Lipinski definition) is 4. The van der Waals surface area contributed by atoms with Crippen molar-refractivity contribution in [3.8, 4) is 0 Å². The molecule has 1 fully saturated rings. The van der Waals surface area contributed by atoms with Gasteiger partial charge in [-0.25, -0.2) is 4.98 Å². The summed E-state index contributed by atoms with van der Waals surface area (Å²) in [7, 11) is 0. The molecule has 122 valence electrons. The summed E-state index contributed by atoms with van der Waals surface area (Å²) in [5.74, 6) is 0.123. The van der Waals surface area contributed by atoms with E-state index in [1.54, 1.807) is 11.3 Å². The number of carbonyl (C=O) groups excluding carboxylic acids is 1. The summed E-state index contributed by atoms with van der Waals surface area (Å²) in [5.41, 5.74) is 3.53. The molecule has 2 heterocycles. The van der Waals surface area contributed by atoms with Gasteiger partial charge in [-0.2, -0.15) is 0 Å². The van der Waals surface area contributed by atoms with Crippen molar-refractivity contribution >= 4 is 22.4 Å². The maximum absolute atomic E-state index is 12.3. The van der Waals surface area contributed by atoms with Crippen molar-refractivity contribution < 1.29 is 9.53 Å². The zero-order chi connectivity index (χ0) is 16.2. The van der Waals surface area contributed by atoms with Crippen molar-refractivity contribution in [2.24, 2.45) is 5.92 Å². The highest BCUT2D eigenvalue weighted by Crippen LogP contribution is 2.26. The Kier molecular flexibility index (Phi) is 5.08. The molecule has 0 unspecified atom stereocenters. The van der Waals surface area contributed by atoms with Gasteiger partial charge in [-0.05, 0) is 32.3 Å². The number of aryl methyl sites for hydroxylation is 2. The lowest BCUT2D eigenvalue weighted by Crippen LogP contribution is -2.28. The van der Waals surface area contributed by atoms with Crippen LogP contribution in [0.1, 0.15) is 34.5 Å². The van der Waals surface area contributed by atoms with Gasteiger partial charge in [0.05, 0.1) is 5.69 Å². The van der Waals surface area contributed by atoms with Crippen LogP contribution in [0.4, 0.5) is 5.13 Å². The number of hydrogen-bond donors (Lipinski definition) is 1. The lowest BCUT2D eigenvalue weighted by Gasteiger charge is -2.20. The summed E-state index contributed by atoms with van der Waals surface area (Å²) in [6, 6.07) is 8.54. The Morgan fingerprint density at radius 2 is 1.96 bits per heavy atom. The lowest BCUT2D eigenvalue weighted by atomic mass is 10.00. The topological polar surface area (TPSA) is 51.2 Å². The van der Waals surface area contributed by atoms with Gasteiger partial charge in [0, 0.05) is 30.4 Å². The van der Waals surface area contributed by atoms with Gasteiger partial charge in [0.1, 0.15) is 0 Å². The molecule has 0 radical (unpaired) electrons. The first-order valence-corrected chi connectivity index (χ1v) is 8.84. The van der Waals surface area contributed by atoms with E-state index in [1.807, 2.05) is 6.92 Å². The molecular formula is C18H22N2O2S. The highest BCUT2D eigenvalue weighted by molar-refractivity contribution is 7.15. The fourth-order valence-electron chi connectivity index (χ4n) is 2.70. The van der Waals surface area contributed by atoms with Crippen LogP contribution in [0.3, 0.4) is 0 Å². The van der Waals surface area contributed by atoms with E-state index in [9.17, 15) is 4.79 Å². The first-order valence-electron chi connectivity index (χ1n) is 8.02. The second kappa shape index (κ2) is 7.23. The second-order valence-electron chi connectivity index (χ2n) is 6.07. The average molecular weight is 330 g/mol. The van der Waals surface area contributed by atoms with Gasteiger partial charge in [0.25, 0.3) is 0 Å². The van der Waals surface area contributed by atoms with Gasteiger partial charge in [-0.15, -0.1) is 11.3 Å². The molecule has 5 heteroatoms. The van der Waals surface area contributed by atoms with Crippen molar-refractivity contribution in [2.75, 3.05) is 18.5 Å². The highest BCUT2D eigenvalue weighted by atomic mass is 32.1. The van der Waals surface area contributed by atoms with Gasteiger partial charge in [-0.3, -0.25) is 4.79 Å². The van der Waals surface area contributed by atoms with Crippen LogP contribution >= 0.6 is 11.3 Å². The van der Waals surface area contributed by atoms with Crippen LogP contribution < -0.4 is 5.32 Å². The van der Waals surface area contributed by atoms with E-state index in [4.69, 9.17) is 4.74 Å². The van der Waals surface area contributed by atoms with Crippen molar-refractivity contribution in [1.29, 1.82) is 0 Å². The van der Waals surface area contributed by atoms with Crippen LogP contribution in [0, 0.1) is 19.8 Å². The largest absolute Gasteiger partial charge is 0.381 e. The predicted octanol–water partition coefficient (Wildman–Crippen LogP) is 3.72. The molecule has 1 aromatic heterocycles. The highest BCUT2D eigenvalue weighted by Gasteiger charge is 2.22. The minimum Gasteiger partial charge on any atom is -0.381 e. The van der Waals surface area contributed by atoms with Crippen LogP contribution in [0.2, 0.25) is 0 Å². The third-order valence-electron chi connectivity index (χ3n) is 4.20. The number of nitrogens with one attached hydrogen (secondary N) is 1. The number of anilines is 1. The molecule has 0 atom stereocenters. The second-order valence-corrected chi connectivity index (χ2v) is 7.15. The maximum Gasteiger partial charge on any atom is 0.229 e. The molecule has 3 rings (SSSR count). The standard InChI is InChI=1S/C18H22N2O2S/c1-12-3-5-14(6-4-12)11-16-13(2)19-18(23-16)20-17(21)15-7-9-22-10-8-15/h3-6,15H,7-11H2,1-2H3,(H,19,20,21). The number of ether oxygens (including phenoxy) is 1. The van der Waals surface area contributed by atoms with E-state index in [1.165, 1.54) is 16.0 Å². The number of thiazole rings is 1. The molecule has 1 N–H and O–H groups in total.